The van der Waals surface area contributed by atoms with Crippen molar-refractivity contribution in [3.05, 3.63) is 62.2 Å². The maximum absolute atomic E-state index is 14.4. The second kappa shape index (κ2) is 12.6. The van der Waals surface area contributed by atoms with Crippen molar-refractivity contribution in [1.29, 1.82) is 0 Å². The van der Waals surface area contributed by atoms with Crippen molar-refractivity contribution >= 4 is 44.8 Å². The zero-order valence-electron chi connectivity index (χ0n) is 21.7. The van der Waals surface area contributed by atoms with Crippen molar-refractivity contribution in [2.24, 2.45) is 10.9 Å². The van der Waals surface area contributed by atoms with Crippen LogP contribution in [0, 0.1) is 17.6 Å². The first-order valence-electron chi connectivity index (χ1n) is 12.4. The summed E-state index contributed by atoms with van der Waals surface area (Å²) in [6, 6.07) is 0.439. The second-order valence-corrected chi connectivity index (χ2v) is 12.9. The van der Waals surface area contributed by atoms with Crippen LogP contribution in [0.5, 0.6) is 0 Å². The maximum atomic E-state index is 14.4. The predicted octanol–water partition coefficient (Wildman–Crippen LogP) is 3.33. The molecule has 3 N–H and O–H groups in total. The van der Waals surface area contributed by atoms with E-state index in [9.17, 15) is 32.2 Å². The van der Waals surface area contributed by atoms with Crippen molar-refractivity contribution in [2.75, 3.05) is 26.5 Å². The molecule has 2 heterocycles. The van der Waals surface area contributed by atoms with E-state index in [0.29, 0.717) is 36.4 Å². The van der Waals surface area contributed by atoms with Crippen LogP contribution in [0.3, 0.4) is 0 Å². The van der Waals surface area contributed by atoms with Gasteiger partial charge in [0.05, 0.1) is 29.6 Å². The first-order chi connectivity index (χ1) is 18.9. The number of aliphatic hydroxyl groups excluding tert-OH is 1. The van der Waals surface area contributed by atoms with Gasteiger partial charge in [0.1, 0.15) is 6.04 Å². The molecular formula is C25H29ClF2N4O6S2. The molecule has 1 aliphatic heterocycles. The lowest BCUT2D eigenvalue weighted by atomic mass is 9.80. The van der Waals surface area contributed by atoms with Crippen LogP contribution in [0.2, 0.25) is 5.02 Å². The summed E-state index contributed by atoms with van der Waals surface area (Å²) in [6.07, 6.45) is 3.27. The number of halogens is 3. The van der Waals surface area contributed by atoms with Gasteiger partial charge in [-0.1, -0.05) is 17.7 Å². The Bertz CT molecular complexity index is 1410. The smallest absolute Gasteiger partial charge is 0.335 e. The summed E-state index contributed by atoms with van der Waals surface area (Å²) in [5.74, 6) is -3.85. The number of aliphatic imine (C=N–C) groups is 1. The lowest BCUT2D eigenvalue weighted by Gasteiger charge is -2.38. The molecule has 1 aromatic heterocycles. The summed E-state index contributed by atoms with van der Waals surface area (Å²) in [7, 11) is -2.24. The number of thiazole rings is 1. The zero-order chi connectivity index (χ0) is 29.2. The van der Waals surface area contributed by atoms with Crippen molar-refractivity contribution in [1.82, 2.24) is 14.6 Å². The number of carbonyl (C=O) groups is 1. The molecule has 40 heavy (non-hydrogen) atoms. The zero-order valence-corrected chi connectivity index (χ0v) is 24.1. The number of carboxylic acids is 1. The molecule has 0 spiro atoms. The van der Waals surface area contributed by atoms with Gasteiger partial charge in [-0.2, -0.15) is 4.31 Å². The van der Waals surface area contributed by atoms with Gasteiger partial charge in [-0.3, -0.25) is 4.99 Å². The highest BCUT2D eigenvalue weighted by molar-refractivity contribution is 7.88. The third-order valence-electron chi connectivity index (χ3n) is 6.99. The first kappa shape index (κ1) is 30.5. The third kappa shape index (κ3) is 6.52. The average molecular weight is 619 g/mol. The largest absolute Gasteiger partial charge is 0.478 e. The van der Waals surface area contributed by atoms with Gasteiger partial charge in [0, 0.05) is 42.5 Å². The number of methoxy groups -OCH3 is 1. The van der Waals surface area contributed by atoms with Gasteiger partial charge in [-0.05, 0) is 37.7 Å². The highest BCUT2D eigenvalue weighted by atomic mass is 35.5. The number of hydrogen-bond acceptors (Lipinski definition) is 9. The van der Waals surface area contributed by atoms with Crippen LogP contribution >= 0.6 is 22.9 Å². The lowest BCUT2D eigenvalue weighted by molar-refractivity contribution is -0.133. The maximum Gasteiger partial charge on any atom is 0.335 e. The summed E-state index contributed by atoms with van der Waals surface area (Å²) in [4.78, 5) is 21.4. The monoisotopic (exact) mass is 618 g/mol. The molecule has 0 bridgehead atoms. The molecule has 4 rings (SSSR count). The molecule has 1 fully saturated rings. The SMILES string of the molecule is COC[C@@H](O)CN(C1CCC(C2=C(C(=O)O)C(c3ccc(F)c(F)c3Cl)N=C(c3nccs3)N2)CC1)S(C)(=O)=O. The van der Waals surface area contributed by atoms with Crippen molar-refractivity contribution in [3.8, 4) is 0 Å². The van der Waals surface area contributed by atoms with Gasteiger partial charge in [0.2, 0.25) is 10.0 Å². The van der Waals surface area contributed by atoms with Crippen LogP contribution in [0.15, 0.2) is 40.0 Å². The first-order valence-corrected chi connectivity index (χ1v) is 15.5. The van der Waals surface area contributed by atoms with E-state index in [-0.39, 0.29) is 36.0 Å². The van der Waals surface area contributed by atoms with Gasteiger partial charge in [0.25, 0.3) is 0 Å². The molecule has 15 heteroatoms. The topological polar surface area (TPSA) is 141 Å². The van der Waals surface area contributed by atoms with Gasteiger partial charge in [-0.15, -0.1) is 11.3 Å². The Hall–Kier alpha value is -2.49. The van der Waals surface area contributed by atoms with Crippen LogP contribution in [-0.4, -0.2) is 78.4 Å². The molecule has 0 saturated heterocycles. The number of benzene rings is 1. The summed E-state index contributed by atoms with van der Waals surface area (Å²) in [6.45, 7) is -0.145. The van der Waals surface area contributed by atoms with Gasteiger partial charge >= 0.3 is 5.97 Å². The van der Waals surface area contributed by atoms with Crippen LogP contribution in [0.25, 0.3) is 0 Å². The number of sulfonamides is 1. The van der Waals surface area contributed by atoms with E-state index in [0.717, 1.165) is 12.3 Å². The van der Waals surface area contributed by atoms with Gasteiger partial charge < -0.3 is 20.3 Å². The number of aliphatic carboxylic acids is 1. The quantitative estimate of drug-likeness (QED) is 0.344. The van der Waals surface area contributed by atoms with Crippen LogP contribution in [0.4, 0.5) is 8.78 Å². The minimum atomic E-state index is -3.65. The summed E-state index contributed by atoms with van der Waals surface area (Å²) >= 11 is 7.41. The number of aliphatic hydroxyl groups is 1. The van der Waals surface area contributed by atoms with E-state index in [4.69, 9.17) is 16.3 Å². The Morgan fingerprint density at radius 1 is 1.30 bits per heavy atom. The van der Waals surface area contributed by atoms with Crippen LogP contribution < -0.4 is 5.32 Å². The molecule has 0 amide bonds. The number of nitrogens with one attached hydrogen (secondary N) is 1. The molecule has 2 aromatic rings. The fourth-order valence-electron chi connectivity index (χ4n) is 5.21. The van der Waals surface area contributed by atoms with E-state index in [1.807, 2.05) is 0 Å². The summed E-state index contributed by atoms with van der Waals surface area (Å²) in [5.41, 5.74) is 0.171. The van der Waals surface area contributed by atoms with Gasteiger partial charge in [0.15, 0.2) is 22.5 Å². The fraction of sp³-hybridized carbons (Fsp3) is 0.480. The molecule has 1 unspecified atom stereocenters. The molecule has 2 atom stereocenters. The molecule has 0 radical (unpaired) electrons. The van der Waals surface area contributed by atoms with E-state index >= 15 is 0 Å². The lowest BCUT2D eigenvalue weighted by Crippen LogP contribution is -2.47. The molecule has 1 aromatic carbocycles. The minimum absolute atomic E-state index is 0.00455. The molecule has 1 saturated carbocycles. The number of hydrogen-bond donors (Lipinski definition) is 3. The number of amidine groups is 1. The molecule has 10 nitrogen and oxygen atoms in total. The summed E-state index contributed by atoms with van der Waals surface area (Å²) in [5, 5.41) is 25.2. The minimum Gasteiger partial charge on any atom is -0.478 e. The normalized spacial score (nSPS) is 22.7. The number of ether oxygens (including phenoxy) is 1. The summed E-state index contributed by atoms with van der Waals surface area (Å²) < 4.78 is 59.5. The number of carboxylic acid groups (broad SMARTS) is 1. The molecule has 2 aliphatic rings. The predicted molar refractivity (Wildman–Crippen MR) is 146 cm³/mol. The van der Waals surface area contributed by atoms with Crippen molar-refractivity contribution < 1.29 is 36.9 Å². The standard InChI is InChI=1S/C25H29ClF2N4O6S2/c1-38-12-15(33)11-32(40(2,36)37)14-5-3-13(4-6-14)21-18(25(34)35)22(16-7-8-17(27)20(28)19(16)26)31-23(30-21)24-29-9-10-39-24/h7-10,13-15,22,33H,3-6,11-12H2,1-2H3,(H,30,31)(H,34,35)/t13?,14?,15-,22?/m0/s1. The Balaban J connectivity index is 1.69. The fourth-order valence-corrected chi connectivity index (χ4v) is 7.25. The van der Waals surface area contributed by atoms with Gasteiger partial charge in [-0.25, -0.2) is 27.0 Å². The van der Waals surface area contributed by atoms with Crippen molar-refractivity contribution in [3.63, 3.8) is 0 Å². The molecular weight excluding hydrogens is 590 g/mol. The Morgan fingerprint density at radius 3 is 2.58 bits per heavy atom. The average Bonchev–Trinajstić information content (AvgIpc) is 3.45. The Labute approximate surface area is 239 Å². The van der Waals surface area contributed by atoms with E-state index < -0.39 is 50.8 Å². The number of nitrogens with zero attached hydrogens (tertiary/aromatic N) is 3. The van der Waals surface area contributed by atoms with E-state index in [1.165, 1.54) is 28.8 Å². The Kier molecular flexibility index (Phi) is 9.58. The van der Waals surface area contributed by atoms with Crippen LogP contribution in [0.1, 0.15) is 42.3 Å². The number of allylic oxidation sites excluding steroid dienone is 1. The third-order valence-corrected chi connectivity index (χ3v) is 9.45. The molecule has 218 valence electrons. The highest BCUT2D eigenvalue weighted by Gasteiger charge is 2.39. The molecule has 1 aliphatic carbocycles. The van der Waals surface area contributed by atoms with E-state index in [2.05, 4.69) is 15.3 Å². The van der Waals surface area contributed by atoms with E-state index in [1.54, 1.807) is 11.6 Å². The Morgan fingerprint density at radius 2 is 2.00 bits per heavy atom. The second-order valence-electron chi connectivity index (χ2n) is 9.69. The van der Waals surface area contributed by atoms with Crippen molar-refractivity contribution in [2.45, 2.75) is 43.9 Å². The van der Waals surface area contributed by atoms with Crippen LogP contribution in [-0.2, 0) is 19.6 Å². The number of aromatic nitrogens is 1. The highest BCUT2D eigenvalue weighted by Crippen LogP contribution is 2.42. The number of rotatable bonds is 10.